The van der Waals surface area contributed by atoms with Crippen molar-refractivity contribution in [1.82, 2.24) is 10.1 Å². The Bertz CT molecular complexity index is 1230. The van der Waals surface area contributed by atoms with E-state index < -0.39 is 12.0 Å². The van der Waals surface area contributed by atoms with Gasteiger partial charge in [0.15, 0.2) is 0 Å². The minimum atomic E-state index is -1.04. The van der Waals surface area contributed by atoms with Gasteiger partial charge in [0.25, 0.3) is 5.89 Å². The van der Waals surface area contributed by atoms with Crippen LogP contribution in [0, 0.1) is 0 Å². The highest BCUT2D eigenvalue weighted by Gasteiger charge is 2.15. The molecule has 3 aromatic carbocycles. The van der Waals surface area contributed by atoms with E-state index in [-0.39, 0.29) is 12.2 Å². The summed E-state index contributed by atoms with van der Waals surface area (Å²) in [6.07, 6.45) is 0.235. The largest absolute Gasteiger partial charge is 0.508 e. The molecule has 0 spiro atoms. The first-order valence-corrected chi connectivity index (χ1v) is 9.84. The molecule has 0 saturated carbocycles. The smallest absolute Gasteiger partial charge is 0.320 e. The summed E-state index contributed by atoms with van der Waals surface area (Å²) in [6.45, 7) is 0. The number of benzene rings is 3. The zero-order valence-corrected chi connectivity index (χ0v) is 17.2. The summed E-state index contributed by atoms with van der Waals surface area (Å²) in [5.41, 5.74) is 9.54. The fourth-order valence-corrected chi connectivity index (χ4v) is 3.30. The minimum absolute atomic E-state index is 0.182. The SMILES string of the molecule is COc1ccc(-c2nc(-c3ccc(CC(N)C(=O)O)cc3)no2)cc1-c1ccc(O)cc1. The van der Waals surface area contributed by atoms with Crippen molar-refractivity contribution in [2.24, 2.45) is 5.73 Å². The average Bonchev–Trinajstić information content (AvgIpc) is 3.30. The van der Waals surface area contributed by atoms with Crippen LogP contribution in [0.5, 0.6) is 11.5 Å². The van der Waals surface area contributed by atoms with E-state index in [1.807, 2.05) is 18.2 Å². The quantitative estimate of drug-likeness (QED) is 0.403. The predicted molar refractivity (Wildman–Crippen MR) is 118 cm³/mol. The Morgan fingerprint density at radius 1 is 1.03 bits per heavy atom. The Labute approximate surface area is 183 Å². The van der Waals surface area contributed by atoms with E-state index in [9.17, 15) is 9.90 Å². The van der Waals surface area contributed by atoms with E-state index in [1.165, 1.54) is 0 Å². The number of hydrogen-bond acceptors (Lipinski definition) is 7. The average molecular weight is 431 g/mol. The van der Waals surface area contributed by atoms with Crippen molar-refractivity contribution in [3.63, 3.8) is 0 Å². The first-order valence-electron chi connectivity index (χ1n) is 9.84. The number of aliphatic carboxylic acids is 1. The number of hydrogen-bond donors (Lipinski definition) is 3. The van der Waals surface area contributed by atoms with Crippen LogP contribution in [0.1, 0.15) is 5.56 Å². The molecule has 0 saturated heterocycles. The molecule has 4 rings (SSSR count). The number of carboxylic acid groups (broad SMARTS) is 1. The van der Waals surface area contributed by atoms with Crippen LogP contribution in [-0.4, -0.2) is 39.5 Å². The number of aromatic hydroxyl groups is 1. The zero-order chi connectivity index (χ0) is 22.7. The fourth-order valence-electron chi connectivity index (χ4n) is 3.30. The van der Waals surface area contributed by atoms with Gasteiger partial charge in [-0.2, -0.15) is 4.98 Å². The van der Waals surface area contributed by atoms with Crippen molar-refractivity contribution in [3.05, 3.63) is 72.3 Å². The minimum Gasteiger partial charge on any atom is -0.508 e. The molecular weight excluding hydrogens is 410 g/mol. The Balaban J connectivity index is 1.60. The monoisotopic (exact) mass is 431 g/mol. The van der Waals surface area contributed by atoms with Gasteiger partial charge in [0.2, 0.25) is 5.82 Å². The molecule has 0 aliphatic heterocycles. The number of methoxy groups -OCH3 is 1. The van der Waals surface area contributed by atoms with E-state index >= 15 is 0 Å². The van der Waals surface area contributed by atoms with E-state index in [1.54, 1.807) is 55.6 Å². The molecule has 4 N–H and O–H groups in total. The summed E-state index contributed by atoms with van der Waals surface area (Å²) < 4.78 is 10.9. The first-order chi connectivity index (χ1) is 15.4. The van der Waals surface area contributed by atoms with Crippen LogP contribution >= 0.6 is 0 Å². The molecule has 1 aromatic heterocycles. The predicted octanol–water partition coefficient (Wildman–Crippen LogP) is 3.74. The lowest BCUT2D eigenvalue weighted by Gasteiger charge is -2.10. The molecule has 0 amide bonds. The molecule has 8 nitrogen and oxygen atoms in total. The zero-order valence-electron chi connectivity index (χ0n) is 17.2. The second kappa shape index (κ2) is 8.91. The maximum Gasteiger partial charge on any atom is 0.320 e. The highest BCUT2D eigenvalue weighted by atomic mass is 16.5. The summed E-state index contributed by atoms with van der Waals surface area (Å²) in [6, 6.07) is 18.6. The summed E-state index contributed by atoms with van der Waals surface area (Å²) in [5, 5.41) is 22.6. The number of rotatable bonds is 7. The highest BCUT2D eigenvalue weighted by Crippen LogP contribution is 2.35. The van der Waals surface area contributed by atoms with Crippen molar-refractivity contribution >= 4 is 5.97 Å². The topological polar surface area (TPSA) is 132 Å². The second-order valence-corrected chi connectivity index (χ2v) is 7.23. The molecule has 1 unspecified atom stereocenters. The number of phenols is 1. The van der Waals surface area contributed by atoms with Crippen LogP contribution < -0.4 is 10.5 Å². The molecule has 162 valence electrons. The van der Waals surface area contributed by atoms with Gasteiger partial charge in [-0.25, -0.2) is 0 Å². The molecule has 0 aliphatic rings. The second-order valence-electron chi connectivity index (χ2n) is 7.23. The van der Waals surface area contributed by atoms with Gasteiger partial charge in [-0.1, -0.05) is 41.6 Å². The summed E-state index contributed by atoms with van der Waals surface area (Å²) in [7, 11) is 1.59. The van der Waals surface area contributed by atoms with Gasteiger partial charge in [0, 0.05) is 16.7 Å². The van der Waals surface area contributed by atoms with Crippen molar-refractivity contribution < 1.29 is 24.3 Å². The molecular formula is C24H21N3O5. The van der Waals surface area contributed by atoms with E-state index in [0.29, 0.717) is 17.5 Å². The van der Waals surface area contributed by atoms with Gasteiger partial charge in [-0.05, 0) is 47.9 Å². The Morgan fingerprint density at radius 3 is 2.34 bits per heavy atom. The molecule has 0 radical (unpaired) electrons. The van der Waals surface area contributed by atoms with Gasteiger partial charge in [0.1, 0.15) is 17.5 Å². The number of phenolic OH excluding ortho intramolecular Hbond substituents is 1. The molecule has 32 heavy (non-hydrogen) atoms. The van der Waals surface area contributed by atoms with Crippen molar-refractivity contribution in [2.75, 3.05) is 7.11 Å². The maximum absolute atomic E-state index is 10.9. The third-order valence-corrected chi connectivity index (χ3v) is 5.04. The number of carbonyl (C=O) groups is 1. The first kappa shape index (κ1) is 21.1. The van der Waals surface area contributed by atoms with Gasteiger partial charge < -0.3 is 25.2 Å². The summed E-state index contributed by atoms with van der Waals surface area (Å²) >= 11 is 0. The van der Waals surface area contributed by atoms with Gasteiger partial charge in [0.05, 0.1) is 7.11 Å². The number of ether oxygens (including phenoxy) is 1. The molecule has 1 heterocycles. The van der Waals surface area contributed by atoms with E-state index in [0.717, 1.165) is 27.8 Å². The molecule has 8 heteroatoms. The molecule has 0 fully saturated rings. The summed E-state index contributed by atoms with van der Waals surface area (Å²) in [5.74, 6) is 0.578. The number of aromatic nitrogens is 2. The molecule has 0 aliphatic carbocycles. The lowest BCUT2D eigenvalue weighted by molar-refractivity contribution is -0.138. The molecule has 1 atom stereocenters. The summed E-state index contributed by atoms with van der Waals surface area (Å²) in [4.78, 5) is 15.4. The maximum atomic E-state index is 10.9. The van der Waals surface area contributed by atoms with Crippen LogP contribution in [0.2, 0.25) is 0 Å². The Morgan fingerprint density at radius 2 is 1.69 bits per heavy atom. The number of carboxylic acids is 1. The fraction of sp³-hybridized carbons (Fsp3) is 0.125. The highest BCUT2D eigenvalue weighted by molar-refractivity contribution is 5.76. The van der Waals surface area contributed by atoms with Gasteiger partial charge in [-0.15, -0.1) is 0 Å². The van der Waals surface area contributed by atoms with Crippen LogP contribution in [0.4, 0.5) is 0 Å². The van der Waals surface area contributed by atoms with Crippen LogP contribution in [0.25, 0.3) is 34.0 Å². The molecule has 0 bridgehead atoms. The van der Waals surface area contributed by atoms with E-state index in [2.05, 4.69) is 10.1 Å². The van der Waals surface area contributed by atoms with Crippen molar-refractivity contribution in [3.8, 4) is 45.5 Å². The lowest BCUT2D eigenvalue weighted by atomic mass is 10.0. The van der Waals surface area contributed by atoms with Crippen molar-refractivity contribution in [1.29, 1.82) is 0 Å². The van der Waals surface area contributed by atoms with Crippen LogP contribution in [0.15, 0.2) is 71.3 Å². The van der Waals surface area contributed by atoms with Gasteiger partial charge >= 0.3 is 5.97 Å². The number of nitrogens with zero attached hydrogens (tertiary/aromatic N) is 2. The third kappa shape index (κ3) is 4.45. The van der Waals surface area contributed by atoms with Gasteiger partial charge in [-0.3, -0.25) is 4.79 Å². The third-order valence-electron chi connectivity index (χ3n) is 5.04. The van der Waals surface area contributed by atoms with Crippen molar-refractivity contribution in [2.45, 2.75) is 12.5 Å². The standard InChI is InChI=1S/C24H21N3O5/c1-31-21-11-8-17(13-19(21)15-6-9-18(28)10-7-15)23-26-22(27-32-23)16-4-2-14(3-5-16)12-20(25)24(29)30/h2-11,13,20,28H,12,25H2,1H3,(H,29,30). The Kier molecular flexibility index (Phi) is 5.87. The normalized spacial score (nSPS) is 11.8. The van der Waals surface area contributed by atoms with Crippen LogP contribution in [-0.2, 0) is 11.2 Å². The van der Waals surface area contributed by atoms with E-state index in [4.69, 9.17) is 20.1 Å². The lowest BCUT2D eigenvalue weighted by Crippen LogP contribution is -2.32. The number of nitrogens with two attached hydrogens (primary N) is 1. The van der Waals surface area contributed by atoms with Crippen LogP contribution in [0.3, 0.4) is 0 Å². The molecule has 4 aromatic rings. The Hall–Kier alpha value is -4.17.